The molecule has 108 valence electrons. The van der Waals surface area contributed by atoms with Crippen LogP contribution in [0.5, 0.6) is 0 Å². The molecule has 0 amide bonds. The van der Waals surface area contributed by atoms with E-state index in [4.69, 9.17) is 10.2 Å². The van der Waals surface area contributed by atoms with Gasteiger partial charge in [0.1, 0.15) is 0 Å². The number of benzene rings is 1. The van der Waals surface area contributed by atoms with Gasteiger partial charge in [-0.05, 0) is 13.3 Å². The van der Waals surface area contributed by atoms with Crippen LogP contribution in [0.3, 0.4) is 0 Å². The zero-order chi connectivity index (χ0) is 14.3. The minimum absolute atomic E-state index is 0. The molecule has 0 aromatic heterocycles. The molecule has 0 spiro atoms. The molecule has 2 rings (SSSR count). The monoisotopic (exact) mass is 278 g/mol. The van der Waals surface area contributed by atoms with E-state index in [0.717, 1.165) is 0 Å². The summed E-state index contributed by atoms with van der Waals surface area (Å²) in [6.45, 7) is 1.50. The fourth-order valence-corrected chi connectivity index (χ4v) is 1.57. The number of allylic oxidation sites excluding steroid dienone is 2. The molecule has 1 aliphatic carbocycles. The predicted octanol–water partition coefficient (Wildman–Crippen LogP) is 1.91. The van der Waals surface area contributed by atoms with Gasteiger partial charge in [0, 0.05) is 5.57 Å². The van der Waals surface area contributed by atoms with E-state index in [2.05, 4.69) is 0 Å². The highest BCUT2D eigenvalue weighted by atomic mass is 16.4. The normalized spacial score (nSPS) is 19.8. The summed E-state index contributed by atoms with van der Waals surface area (Å²) in [6, 6.07) is 12.0. The first-order valence-corrected chi connectivity index (χ1v) is 5.81. The maximum atomic E-state index is 10.8. The van der Waals surface area contributed by atoms with Gasteiger partial charge in [-0.3, -0.25) is 4.79 Å². The van der Waals surface area contributed by atoms with Crippen molar-refractivity contribution in [3.8, 4) is 0 Å². The van der Waals surface area contributed by atoms with Gasteiger partial charge in [-0.25, -0.2) is 4.79 Å². The summed E-state index contributed by atoms with van der Waals surface area (Å²) in [5.74, 6) is -2.06. The maximum absolute atomic E-state index is 10.8. The lowest BCUT2D eigenvalue weighted by atomic mass is 9.80. The average Bonchev–Trinajstić information content (AvgIpc) is 2.41. The Morgan fingerprint density at radius 3 is 1.85 bits per heavy atom. The smallest absolute Gasteiger partial charge is 0.331 e. The van der Waals surface area contributed by atoms with Crippen molar-refractivity contribution in [2.75, 3.05) is 0 Å². The van der Waals surface area contributed by atoms with Gasteiger partial charge in [0.2, 0.25) is 0 Å². The molecule has 0 fully saturated rings. The summed E-state index contributed by atoms with van der Waals surface area (Å²) in [5.41, 5.74) is -0.949. The highest BCUT2D eigenvalue weighted by Crippen LogP contribution is 2.31. The van der Waals surface area contributed by atoms with Crippen LogP contribution < -0.4 is 0 Å². The molecule has 5 nitrogen and oxygen atoms in total. The number of rotatable bonds is 2. The van der Waals surface area contributed by atoms with Crippen LogP contribution in [-0.2, 0) is 9.59 Å². The van der Waals surface area contributed by atoms with E-state index in [-0.39, 0.29) is 17.5 Å². The lowest BCUT2D eigenvalue weighted by Crippen LogP contribution is -2.28. The number of aliphatic carboxylic acids is 2. The molecule has 4 N–H and O–H groups in total. The Hall–Kier alpha value is -2.40. The highest BCUT2D eigenvalue weighted by molar-refractivity contribution is 5.90. The molecule has 0 aliphatic heterocycles. The van der Waals surface area contributed by atoms with Crippen molar-refractivity contribution in [2.45, 2.75) is 13.3 Å². The first-order chi connectivity index (χ1) is 8.96. The van der Waals surface area contributed by atoms with E-state index in [1.165, 1.54) is 25.2 Å². The van der Waals surface area contributed by atoms with Crippen LogP contribution >= 0.6 is 0 Å². The lowest BCUT2D eigenvalue weighted by Gasteiger charge is -2.23. The molecule has 1 atom stereocenters. The van der Waals surface area contributed by atoms with Gasteiger partial charge in [0.05, 0.1) is 5.41 Å². The Morgan fingerprint density at radius 1 is 1.05 bits per heavy atom. The second kappa shape index (κ2) is 7.91. The number of carbonyl (C=O) groups is 2. The van der Waals surface area contributed by atoms with E-state index >= 15 is 0 Å². The first-order valence-electron chi connectivity index (χ1n) is 5.81. The van der Waals surface area contributed by atoms with Crippen molar-refractivity contribution in [2.24, 2.45) is 5.41 Å². The van der Waals surface area contributed by atoms with Gasteiger partial charge < -0.3 is 15.7 Å². The number of hydrogen-bond donors (Lipinski definition) is 2. The van der Waals surface area contributed by atoms with E-state index < -0.39 is 17.4 Å². The summed E-state index contributed by atoms with van der Waals surface area (Å²) in [4.78, 5) is 21.3. The van der Waals surface area contributed by atoms with E-state index in [1.807, 2.05) is 36.4 Å². The minimum Gasteiger partial charge on any atom is -0.481 e. The molecule has 0 saturated carbocycles. The molecule has 1 aromatic carbocycles. The Morgan fingerprint density at radius 2 is 1.50 bits per heavy atom. The lowest BCUT2D eigenvalue weighted by molar-refractivity contribution is -0.145. The molecular weight excluding hydrogens is 260 g/mol. The van der Waals surface area contributed by atoms with Crippen molar-refractivity contribution in [1.82, 2.24) is 0 Å². The standard InChI is InChI=1S/C9H10O4.C6H6.H2O/c1-9(8(12)13)4-2-3-6(5-9)7(10)11;1-2-4-6-5-3-1;/h2-4H,5H2,1H3,(H,10,11)(H,12,13);1-6H;1H2. The average molecular weight is 278 g/mol. The molecule has 1 aliphatic rings. The van der Waals surface area contributed by atoms with Gasteiger partial charge in [0.25, 0.3) is 0 Å². The Bertz CT molecular complexity index is 478. The van der Waals surface area contributed by atoms with Crippen LogP contribution in [0.15, 0.2) is 60.2 Å². The van der Waals surface area contributed by atoms with Crippen LogP contribution in [-0.4, -0.2) is 27.6 Å². The zero-order valence-corrected chi connectivity index (χ0v) is 11.1. The third-order valence-corrected chi connectivity index (χ3v) is 2.75. The highest BCUT2D eigenvalue weighted by Gasteiger charge is 2.34. The SMILES string of the molecule is CC1(C(=O)O)C=CC=C(C(=O)O)C1.O.c1ccccc1. The number of hydrogen-bond acceptors (Lipinski definition) is 2. The van der Waals surface area contributed by atoms with Gasteiger partial charge in [-0.15, -0.1) is 0 Å². The van der Waals surface area contributed by atoms with Crippen molar-refractivity contribution in [3.63, 3.8) is 0 Å². The Balaban J connectivity index is 0.000000434. The molecule has 20 heavy (non-hydrogen) atoms. The van der Waals surface area contributed by atoms with Crippen molar-refractivity contribution in [1.29, 1.82) is 0 Å². The zero-order valence-electron chi connectivity index (χ0n) is 11.1. The van der Waals surface area contributed by atoms with Gasteiger partial charge in [0.15, 0.2) is 0 Å². The van der Waals surface area contributed by atoms with Crippen LogP contribution in [0, 0.1) is 5.41 Å². The summed E-state index contributed by atoms with van der Waals surface area (Å²) >= 11 is 0. The summed E-state index contributed by atoms with van der Waals surface area (Å²) in [5, 5.41) is 17.5. The summed E-state index contributed by atoms with van der Waals surface area (Å²) < 4.78 is 0. The molecule has 0 radical (unpaired) electrons. The van der Waals surface area contributed by atoms with Crippen LogP contribution in [0.1, 0.15) is 13.3 Å². The topological polar surface area (TPSA) is 106 Å². The van der Waals surface area contributed by atoms with Gasteiger partial charge in [-0.2, -0.15) is 0 Å². The maximum Gasteiger partial charge on any atom is 0.331 e. The van der Waals surface area contributed by atoms with Crippen molar-refractivity contribution in [3.05, 3.63) is 60.2 Å². The molecule has 1 aromatic rings. The third kappa shape index (κ3) is 5.07. The molecule has 0 heterocycles. The first kappa shape index (κ1) is 17.6. The van der Waals surface area contributed by atoms with Crippen LogP contribution in [0.2, 0.25) is 0 Å². The van der Waals surface area contributed by atoms with Gasteiger partial charge >= 0.3 is 11.9 Å². The van der Waals surface area contributed by atoms with Crippen LogP contribution in [0.25, 0.3) is 0 Å². The largest absolute Gasteiger partial charge is 0.481 e. The van der Waals surface area contributed by atoms with E-state index in [9.17, 15) is 9.59 Å². The molecular formula is C15H18O5. The summed E-state index contributed by atoms with van der Waals surface area (Å²) in [6.07, 6.45) is 4.43. The molecule has 5 heteroatoms. The van der Waals surface area contributed by atoms with Crippen LogP contribution in [0.4, 0.5) is 0 Å². The number of carboxylic acids is 2. The van der Waals surface area contributed by atoms with Crippen molar-refractivity contribution < 1.29 is 25.3 Å². The van der Waals surface area contributed by atoms with Crippen molar-refractivity contribution >= 4 is 11.9 Å². The number of carboxylic acid groups (broad SMARTS) is 2. The fraction of sp³-hybridized carbons (Fsp3) is 0.200. The van der Waals surface area contributed by atoms with E-state index in [0.29, 0.717) is 0 Å². The van der Waals surface area contributed by atoms with Gasteiger partial charge in [-0.1, -0.05) is 54.6 Å². The third-order valence-electron chi connectivity index (χ3n) is 2.75. The van der Waals surface area contributed by atoms with E-state index in [1.54, 1.807) is 0 Å². The molecule has 0 bridgehead atoms. The minimum atomic E-state index is -1.08. The molecule has 1 unspecified atom stereocenters. The predicted molar refractivity (Wildman–Crippen MR) is 75.3 cm³/mol. The molecule has 0 saturated heterocycles. The fourth-order valence-electron chi connectivity index (χ4n) is 1.57. The Kier molecular flexibility index (Phi) is 6.96. The Labute approximate surface area is 117 Å². The summed E-state index contributed by atoms with van der Waals surface area (Å²) in [7, 11) is 0. The second-order valence-corrected chi connectivity index (χ2v) is 4.41. The second-order valence-electron chi connectivity index (χ2n) is 4.41. The quantitative estimate of drug-likeness (QED) is 0.861.